The monoisotopic (exact) mass is 687 g/mol. The van der Waals surface area contributed by atoms with Crippen molar-refractivity contribution < 1.29 is 28.6 Å². The number of halogens is 1. The first-order valence-corrected chi connectivity index (χ1v) is 16.9. The average Bonchev–Trinajstić information content (AvgIpc) is 3.30. The van der Waals surface area contributed by atoms with Gasteiger partial charge < -0.3 is 24.4 Å². The van der Waals surface area contributed by atoms with Gasteiger partial charge in [-0.1, -0.05) is 23.7 Å². The minimum atomic E-state index is -0.662. The molecule has 1 aliphatic heterocycles. The number of aryl methyl sites for hydroxylation is 1. The molecule has 2 unspecified atom stereocenters. The molecule has 1 aromatic carbocycles. The number of likely N-dealkylation sites (tertiary alicyclic amines) is 1. The second-order valence-corrected chi connectivity index (χ2v) is 16.0. The molecule has 266 valence electrons. The van der Waals surface area contributed by atoms with Crippen LogP contribution in [0.5, 0.6) is 0 Å². The van der Waals surface area contributed by atoms with E-state index in [0.717, 1.165) is 16.8 Å². The summed E-state index contributed by atoms with van der Waals surface area (Å²) in [6.45, 7) is 22.0. The second kappa shape index (κ2) is 15.8. The van der Waals surface area contributed by atoms with E-state index in [1.807, 2.05) is 73.6 Å². The molecule has 2 N–H and O–H groups in total. The Morgan fingerprint density at radius 2 is 1.54 bits per heavy atom. The molecule has 1 aromatic heterocycles. The van der Waals surface area contributed by atoms with Gasteiger partial charge in [-0.25, -0.2) is 19.4 Å². The number of nitrogens with one attached hydrogen (secondary N) is 2. The predicted octanol–water partition coefficient (Wildman–Crippen LogP) is 7.58. The Kier molecular flexibility index (Phi) is 12.8. The number of ether oxygens (including phenoxy) is 3. The number of aromatic nitrogens is 1. The summed E-state index contributed by atoms with van der Waals surface area (Å²) in [6, 6.07) is 10.8. The summed E-state index contributed by atoms with van der Waals surface area (Å²) in [5.41, 5.74) is 0.688. The van der Waals surface area contributed by atoms with Crippen LogP contribution in [0.25, 0.3) is 0 Å². The highest BCUT2D eigenvalue weighted by atomic mass is 35.5. The summed E-state index contributed by atoms with van der Waals surface area (Å²) in [7, 11) is 0. The molecule has 48 heavy (non-hydrogen) atoms. The molecular formula is C36H54ClN5O6. The van der Waals surface area contributed by atoms with Crippen LogP contribution in [0.15, 0.2) is 36.4 Å². The third kappa shape index (κ3) is 13.1. The van der Waals surface area contributed by atoms with Crippen molar-refractivity contribution in [1.82, 2.24) is 20.1 Å². The van der Waals surface area contributed by atoms with E-state index in [4.69, 9.17) is 30.8 Å². The van der Waals surface area contributed by atoms with Crippen molar-refractivity contribution in [3.63, 3.8) is 0 Å². The third-order valence-electron chi connectivity index (χ3n) is 7.32. The standard InChI is InChI=1S/C36H54ClN5O6/c1-23-16-28(39-30(17-23)40-31(43)46-34(3,4)5)18-26-21-41(32(44)47-35(6,7)8)22-29(26)38-19-24(2)42(33(45)48-36(9,10)11)20-25-12-14-27(37)15-13-25/h12-17,24,26,29,38H,18-22H2,1-11H3,(H,39,40,43)/t24-,26?,29?/m0/s1. The summed E-state index contributed by atoms with van der Waals surface area (Å²) in [6.07, 6.45) is -0.840. The van der Waals surface area contributed by atoms with Gasteiger partial charge in [0.25, 0.3) is 0 Å². The zero-order chi connectivity index (χ0) is 36.0. The molecule has 1 aliphatic rings. The molecule has 0 saturated carbocycles. The van der Waals surface area contributed by atoms with Crippen molar-refractivity contribution in [1.29, 1.82) is 0 Å². The van der Waals surface area contributed by atoms with Gasteiger partial charge in [-0.3, -0.25) is 10.2 Å². The van der Waals surface area contributed by atoms with Crippen LogP contribution >= 0.6 is 11.6 Å². The topological polar surface area (TPSA) is 122 Å². The molecule has 2 heterocycles. The summed E-state index contributed by atoms with van der Waals surface area (Å²) >= 11 is 6.11. The summed E-state index contributed by atoms with van der Waals surface area (Å²) in [5, 5.41) is 7.00. The van der Waals surface area contributed by atoms with Crippen molar-refractivity contribution >= 4 is 35.7 Å². The second-order valence-electron chi connectivity index (χ2n) is 15.6. The van der Waals surface area contributed by atoms with Crippen molar-refractivity contribution in [2.24, 2.45) is 5.92 Å². The molecule has 0 aliphatic carbocycles. The number of carbonyl (C=O) groups excluding carboxylic acids is 3. The largest absolute Gasteiger partial charge is 0.444 e. The van der Waals surface area contributed by atoms with Crippen molar-refractivity contribution in [3.8, 4) is 0 Å². The van der Waals surface area contributed by atoms with Crippen LogP contribution < -0.4 is 10.6 Å². The molecule has 3 rings (SSSR count). The van der Waals surface area contributed by atoms with Crippen molar-refractivity contribution in [3.05, 3.63) is 58.2 Å². The lowest BCUT2D eigenvalue weighted by Gasteiger charge is -2.33. The fourth-order valence-electron chi connectivity index (χ4n) is 5.31. The summed E-state index contributed by atoms with van der Waals surface area (Å²) < 4.78 is 16.9. The molecule has 0 spiro atoms. The molecule has 1 fully saturated rings. The van der Waals surface area contributed by atoms with Gasteiger partial charge in [-0.2, -0.15) is 0 Å². The third-order valence-corrected chi connectivity index (χ3v) is 7.57. The smallest absolute Gasteiger partial charge is 0.413 e. The lowest BCUT2D eigenvalue weighted by molar-refractivity contribution is 0.0153. The molecule has 0 bridgehead atoms. The quantitative estimate of drug-likeness (QED) is 0.259. The molecule has 3 amide bonds. The average molecular weight is 688 g/mol. The Morgan fingerprint density at radius 1 is 0.938 bits per heavy atom. The first kappa shape index (κ1) is 38.9. The zero-order valence-corrected chi connectivity index (χ0v) is 31.2. The van der Waals surface area contributed by atoms with Crippen LogP contribution in [0, 0.1) is 12.8 Å². The van der Waals surface area contributed by atoms with Crippen LogP contribution in [0.1, 0.15) is 86.1 Å². The van der Waals surface area contributed by atoms with E-state index in [1.165, 1.54) is 0 Å². The molecule has 3 atom stereocenters. The van der Waals surface area contributed by atoms with Crippen molar-refractivity contribution in [2.45, 2.75) is 118 Å². The highest BCUT2D eigenvalue weighted by Crippen LogP contribution is 2.25. The van der Waals surface area contributed by atoms with E-state index in [1.54, 1.807) is 48.8 Å². The van der Waals surface area contributed by atoms with E-state index < -0.39 is 29.0 Å². The lowest BCUT2D eigenvalue weighted by Crippen LogP contribution is -2.49. The highest BCUT2D eigenvalue weighted by molar-refractivity contribution is 6.30. The van der Waals surface area contributed by atoms with E-state index >= 15 is 0 Å². The van der Waals surface area contributed by atoms with Gasteiger partial charge in [0.05, 0.1) is 0 Å². The van der Waals surface area contributed by atoms with Gasteiger partial charge in [-0.05, 0) is 124 Å². The number of carbonyl (C=O) groups is 3. The van der Waals surface area contributed by atoms with E-state index in [0.29, 0.717) is 43.4 Å². The number of amides is 3. The van der Waals surface area contributed by atoms with Crippen LogP contribution in [-0.4, -0.2) is 81.6 Å². The van der Waals surface area contributed by atoms with Crippen LogP contribution in [0.3, 0.4) is 0 Å². The normalized spacial score (nSPS) is 17.5. The van der Waals surface area contributed by atoms with Gasteiger partial charge in [0.2, 0.25) is 0 Å². The highest BCUT2D eigenvalue weighted by Gasteiger charge is 2.38. The number of benzene rings is 1. The van der Waals surface area contributed by atoms with E-state index in [2.05, 4.69) is 10.6 Å². The Hall–Kier alpha value is -3.57. The number of pyridine rings is 1. The van der Waals surface area contributed by atoms with Gasteiger partial charge in [0.1, 0.15) is 22.6 Å². The minimum Gasteiger partial charge on any atom is -0.444 e. The summed E-state index contributed by atoms with van der Waals surface area (Å²) in [5.74, 6) is 0.370. The molecular weight excluding hydrogens is 634 g/mol. The molecule has 0 radical (unpaired) electrons. The number of hydrogen-bond acceptors (Lipinski definition) is 8. The number of anilines is 1. The first-order valence-electron chi connectivity index (χ1n) is 16.5. The van der Waals surface area contributed by atoms with Crippen LogP contribution in [-0.2, 0) is 27.2 Å². The maximum absolute atomic E-state index is 13.4. The lowest BCUT2D eigenvalue weighted by atomic mass is 9.96. The van der Waals surface area contributed by atoms with Crippen molar-refractivity contribution in [2.75, 3.05) is 25.0 Å². The van der Waals surface area contributed by atoms with Crippen LogP contribution in [0.2, 0.25) is 5.02 Å². The molecule has 2 aromatic rings. The molecule has 12 heteroatoms. The van der Waals surface area contributed by atoms with E-state index in [-0.39, 0.29) is 24.1 Å². The van der Waals surface area contributed by atoms with Gasteiger partial charge in [0.15, 0.2) is 0 Å². The molecule has 11 nitrogen and oxygen atoms in total. The van der Waals surface area contributed by atoms with E-state index in [9.17, 15) is 14.4 Å². The van der Waals surface area contributed by atoms with Crippen LogP contribution in [0.4, 0.5) is 20.2 Å². The van der Waals surface area contributed by atoms with Gasteiger partial charge in [0, 0.05) is 49.0 Å². The molecule has 1 saturated heterocycles. The SMILES string of the molecule is Cc1cc(CC2CN(C(=O)OC(C)(C)C)CC2NC[C@H](C)N(Cc2ccc(Cl)cc2)C(=O)OC(C)(C)C)nc(NC(=O)OC(C)(C)C)c1. The first-order chi connectivity index (χ1) is 22.1. The number of nitrogens with zero attached hydrogens (tertiary/aromatic N) is 3. The Balaban J connectivity index is 1.81. The van der Waals surface area contributed by atoms with Gasteiger partial charge >= 0.3 is 18.3 Å². The minimum absolute atomic E-state index is 0.0281. The Morgan fingerprint density at radius 3 is 2.12 bits per heavy atom. The number of rotatable bonds is 9. The zero-order valence-electron chi connectivity index (χ0n) is 30.4. The predicted molar refractivity (Wildman–Crippen MR) is 188 cm³/mol. The number of hydrogen-bond donors (Lipinski definition) is 2. The summed E-state index contributed by atoms with van der Waals surface area (Å²) in [4.78, 5) is 47.1. The van der Waals surface area contributed by atoms with Gasteiger partial charge in [-0.15, -0.1) is 0 Å². The maximum atomic E-state index is 13.4. The fourth-order valence-corrected chi connectivity index (χ4v) is 5.44. The maximum Gasteiger partial charge on any atom is 0.413 e. The Labute approximate surface area is 291 Å². The Bertz CT molecular complexity index is 1410. The fraction of sp³-hybridized carbons (Fsp3) is 0.611.